The van der Waals surface area contributed by atoms with Gasteiger partial charge in [-0.05, 0) is 6.42 Å². The van der Waals surface area contributed by atoms with Crippen molar-refractivity contribution in [3.05, 3.63) is 0 Å². The van der Waals surface area contributed by atoms with Crippen LogP contribution < -0.4 is 5.32 Å². The number of aliphatic carboxylic acids is 1. The van der Waals surface area contributed by atoms with E-state index in [2.05, 4.69) is 10.1 Å². The summed E-state index contributed by atoms with van der Waals surface area (Å²) in [6, 6.07) is -0.656. The van der Waals surface area contributed by atoms with E-state index in [0.717, 1.165) is 0 Å². The van der Waals surface area contributed by atoms with E-state index in [1.165, 1.54) is 7.11 Å². The fraction of sp³-hybridized carbons (Fsp3) is 0.667. The normalized spacial score (nSPS) is 25.5. The molecule has 0 aromatic heterocycles. The number of hydrogen-bond donors (Lipinski definition) is 2. The predicted molar refractivity (Wildman–Crippen MR) is 48.9 cm³/mol. The summed E-state index contributed by atoms with van der Waals surface area (Å²) < 4.78 is 4.43. The van der Waals surface area contributed by atoms with Crippen molar-refractivity contribution in [1.29, 1.82) is 0 Å². The molecule has 2 N–H and O–H groups in total. The smallest absolute Gasteiger partial charge is 0.308 e. The molecule has 2 atom stereocenters. The van der Waals surface area contributed by atoms with Crippen LogP contribution in [0.2, 0.25) is 0 Å². The SMILES string of the molecule is COC(=O)C[C@H]1NC(=O)CC[C@@H]1C(=O)O. The number of hydrogen-bond acceptors (Lipinski definition) is 4. The van der Waals surface area contributed by atoms with Crippen molar-refractivity contribution < 1.29 is 24.2 Å². The molecule has 1 amide bonds. The van der Waals surface area contributed by atoms with Gasteiger partial charge in [0.25, 0.3) is 0 Å². The van der Waals surface area contributed by atoms with E-state index in [9.17, 15) is 14.4 Å². The van der Waals surface area contributed by atoms with Gasteiger partial charge in [0, 0.05) is 6.42 Å². The Balaban J connectivity index is 2.65. The monoisotopic (exact) mass is 215 g/mol. The summed E-state index contributed by atoms with van der Waals surface area (Å²) >= 11 is 0. The first-order valence-corrected chi connectivity index (χ1v) is 4.63. The van der Waals surface area contributed by atoms with Crippen molar-refractivity contribution in [2.45, 2.75) is 25.3 Å². The standard InChI is InChI=1S/C9H13NO5/c1-15-8(12)4-6-5(9(13)14)2-3-7(11)10-6/h5-6H,2-4H2,1H3,(H,10,11)(H,13,14)/t5-,6+/m0/s1. The van der Waals surface area contributed by atoms with Gasteiger partial charge in [-0.15, -0.1) is 0 Å². The fourth-order valence-electron chi connectivity index (χ4n) is 1.62. The third-order valence-corrected chi connectivity index (χ3v) is 2.45. The zero-order chi connectivity index (χ0) is 11.4. The van der Waals surface area contributed by atoms with Crippen LogP contribution >= 0.6 is 0 Å². The molecule has 0 unspecified atom stereocenters. The number of carbonyl (C=O) groups excluding carboxylic acids is 2. The number of amides is 1. The van der Waals surface area contributed by atoms with Crippen molar-refractivity contribution in [1.82, 2.24) is 5.32 Å². The maximum absolute atomic E-state index is 11.1. The zero-order valence-electron chi connectivity index (χ0n) is 8.36. The predicted octanol–water partition coefficient (Wildman–Crippen LogP) is -0.471. The average molecular weight is 215 g/mol. The average Bonchev–Trinajstić information content (AvgIpc) is 2.17. The highest BCUT2D eigenvalue weighted by Gasteiger charge is 2.35. The Morgan fingerprint density at radius 1 is 1.60 bits per heavy atom. The van der Waals surface area contributed by atoms with Crippen molar-refractivity contribution in [2.75, 3.05) is 7.11 Å². The summed E-state index contributed by atoms with van der Waals surface area (Å²) in [4.78, 5) is 32.9. The fourth-order valence-corrected chi connectivity index (χ4v) is 1.62. The molecule has 0 spiro atoms. The number of ether oxygens (including phenoxy) is 1. The van der Waals surface area contributed by atoms with E-state index in [0.29, 0.717) is 0 Å². The minimum absolute atomic E-state index is 0.0980. The Kier molecular flexibility index (Phi) is 3.65. The third-order valence-electron chi connectivity index (χ3n) is 2.45. The van der Waals surface area contributed by atoms with E-state index in [4.69, 9.17) is 5.11 Å². The second kappa shape index (κ2) is 4.77. The summed E-state index contributed by atoms with van der Waals surface area (Å²) in [6.07, 6.45) is 0.358. The van der Waals surface area contributed by atoms with E-state index in [-0.39, 0.29) is 25.2 Å². The molecule has 84 valence electrons. The second-order valence-electron chi connectivity index (χ2n) is 3.44. The van der Waals surface area contributed by atoms with Gasteiger partial charge in [-0.3, -0.25) is 14.4 Å². The lowest BCUT2D eigenvalue weighted by atomic mass is 9.88. The highest BCUT2D eigenvalue weighted by Crippen LogP contribution is 2.20. The molecule has 0 bridgehead atoms. The molecule has 1 aliphatic rings. The van der Waals surface area contributed by atoms with Gasteiger partial charge >= 0.3 is 11.9 Å². The summed E-state index contributed by atoms with van der Waals surface area (Å²) in [7, 11) is 1.22. The van der Waals surface area contributed by atoms with Crippen LogP contribution in [0.4, 0.5) is 0 Å². The van der Waals surface area contributed by atoms with E-state index in [1.54, 1.807) is 0 Å². The summed E-state index contributed by atoms with van der Waals surface area (Å²) in [5.74, 6) is -2.44. The minimum Gasteiger partial charge on any atom is -0.481 e. The van der Waals surface area contributed by atoms with Gasteiger partial charge in [-0.2, -0.15) is 0 Å². The van der Waals surface area contributed by atoms with Crippen LogP contribution in [0.25, 0.3) is 0 Å². The largest absolute Gasteiger partial charge is 0.481 e. The Labute approximate surface area is 86.6 Å². The van der Waals surface area contributed by atoms with Crippen molar-refractivity contribution in [3.63, 3.8) is 0 Å². The molecule has 1 aliphatic heterocycles. The molecule has 1 fully saturated rings. The Morgan fingerprint density at radius 3 is 2.80 bits per heavy atom. The molecule has 6 nitrogen and oxygen atoms in total. The van der Waals surface area contributed by atoms with Crippen LogP contribution in [0.5, 0.6) is 0 Å². The van der Waals surface area contributed by atoms with Gasteiger partial charge < -0.3 is 15.2 Å². The molecule has 15 heavy (non-hydrogen) atoms. The maximum atomic E-state index is 11.1. The van der Waals surface area contributed by atoms with E-state index < -0.39 is 23.9 Å². The van der Waals surface area contributed by atoms with Crippen LogP contribution in [0.15, 0.2) is 0 Å². The number of piperidine rings is 1. The van der Waals surface area contributed by atoms with E-state index in [1.807, 2.05) is 0 Å². The van der Waals surface area contributed by atoms with Crippen molar-refractivity contribution in [2.24, 2.45) is 5.92 Å². The molecule has 1 heterocycles. The van der Waals surface area contributed by atoms with Crippen LogP contribution in [0.3, 0.4) is 0 Å². The highest BCUT2D eigenvalue weighted by atomic mass is 16.5. The van der Waals surface area contributed by atoms with Crippen LogP contribution in [0, 0.1) is 5.92 Å². The van der Waals surface area contributed by atoms with Crippen LogP contribution in [-0.2, 0) is 19.1 Å². The number of carboxylic acid groups (broad SMARTS) is 1. The Hall–Kier alpha value is -1.59. The van der Waals surface area contributed by atoms with Crippen molar-refractivity contribution >= 4 is 17.8 Å². The maximum Gasteiger partial charge on any atom is 0.308 e. The number of methoxy groups -OCH3 is 1. The third kappa shape index (κ3) is 2.93. The lowest BCUT2D eigenvalue weighted by Gasteiger charge is -2.28. The number of esters is 1. The molecule has 1 rings (SSSR count). The molecular formula is C9H13NO5. The summed E-state index contributed by atoms with van der Waals surface area (Å²) in [5.41, 5.74) is 0. The molecule has 0 aromatic rings. The van der Waals surface area contributed by atoms with Gasteiger partial charge in [0.15, 0.2) is 0 Å². The molecule has 0 saturated carbocycles. The molecule has 6 heteroatoms. The first-order valence-electron chi connectivity index (χ1n) is 4.63. The highest BCUT2D eigenvalue weighted by molar-refractivity contribution is 5.82. The van der Waals surface area contributed by atoms with Gasteiger partial charge in [-0.1, -0.05) is 0 Å². The second-order valence-corrected chi connectivity index (χ2v) is 3.44. The lowest BCUT2D eigenvalue weighted by Crippen LogP contribution is -2.48. The first kappa shape index (κ1) is 11.5. The zero-order valence-corrected chi connectivity index (χ0v) is 8.36. The van der Waals surface area contributed by atoms with E-state index >= 15 is 0 Å². The van der Waals surface area contributed by atoms with Crippen LogP contribution in [0.1, 0.15) is 19.3 Å². The van der Waals surface area contributed by atoms with Gasteiger partial charge in [0.1, 0.15) is 0 Å². The quantitative estimate of drug-likeness (QED) is 0.621. The summed E-state index contributed by atoms with van der Waals surface area (Å²) in [5, 5.41) is 11.4. The van der Waals surface area contributed by atoms with Gasteiger partial charge in [0.2, 0.25) is 5.91 Å². The molecule has 0 aliphatic carbocycles. The Bertz CT molecular complexity index is 288. The van der Waals surface area contributed by atoms with Crippen LogP contribution in [-0.4, -0.2) is 36.1 Å². The Morgan fingerprint density at radius 2 is 2.27 bits per heavy atom. The number of carboxylic acids is 1. The van der Waals surface area contributed by atoms with Gasteiger partial charge in [0.05, 0.1) is 25.5 Å². The molecule has 1 saturated heterocycles. The molecule has 0 radical (unpaired) electrons. The van der Waals surface area contributed by atoms with Crippen molar-refractivity contribution in [3.8, 4) is 0 Å². The number of rotatable bonds is 3. The topological polar surface area (TPSA) is 92.7 Å². The summed E-state index contributed by atoms with van der Waals surface area (Å²) in [6.45, 7) is 0. The number of nitrogens with one attached hydrogen (secondary N) is 1. The van der Waals surface area contributed by atoms with Gasteiger partial charge in [-0.25, -0.2) is 0 Å². The number of carbonyl (C=O) groups is 3. The first-order chi connectivity index (χ1) is 7.04. The lowest BCUT2D eigenvalue weighted by molar-refractivity contribution is -0.147. The minimum atomic E-state index is -0.996. The molecular weight excluding hydrogens is 202 g/mol. The molecule has 0 aromatic carbocycles.